The smallest absolute Gasteiger partial charge is 0.276 e. The summed E-state index contributed by atoms with van der Waals surface area (Å²) in [6, 6.07) is 5.78. The molecule has 2 N–H and O–H groups in total. The molecule has 0 unspecified atom stereocenters. The number of hydrogen-bond donors (Lipinski definition) is 2. The molecular weight excluding hydrogens is 339 g/mol. The van der Waals surface area contributed by atoms with Crippen molar-refractivity contribution in [3.63, 3.8) is 0 Å². The van der Waals surface area contributed by atoms with E-state index in [4.69, 9.17) is 5.21 Å². The Morgan fingerprint density at radius 3 is 2.44 bits per heavy atom. The van der Waals surface area contributed by atoms with Crippen LogP contribution in [0.5, 0.6) is 0 Å². The summed E-state index contributed by atoms with van der Waals surface area (Å²) in [6.45, 7) is 0. The second kappa shape index (κ2) is 7.58. The first kappa shape index (κ1) is 18.1. The molecule has 0 atom stereocenters. The lowest BCUT2D eigenvalue weighted by atomic mass is 10.1. The lowest BCUT2D eigenvalue weighted by Gasteiger charge is -2.11. The predicted octanol–water partition coefficient (Wildman–Crippen LogP) is 2.33. The molecule has 0 saturated carbocycles. The molecule has 6 nitrogen and oxygen atoms in total. The zero-order chi connectivity index (χ0) is 18.6. The molecule has 0 radical (unpaired) electrons. The first-order valence-corrected chi connectivity index (χ1v) is 6.84. The van der Waals surface area contributed by atoms with E-state index in [2.05, 4.69) is 5.10 Å². The molecule has 0 heterocycles. The largest absolute Gasteiger partial charge is 0.288 e. The van der Waals surface area contributed by atoms with Crippen LogP contribution in [0.4, 0.5) is 13.2 Å². The fraction of sp³-hybridized carbons (Fsp3) is 0.0625. The van der Waals surface area contributed by atoms with Gasteiger partial charge in [0.25, 0.3) is 11.8 Å². The van der Waals surface area contributed by atoms with Gasteiger partial charge in [-0.15, -0.1) is 0 Å². The van der Waals surface area contributed by atoms with Crippen LogP contribution in [0.2, 0.25) is 0 Å². The Hall–Kier alpha value is -3.20. The van der Waals surface area contributed by atoms with Gasteiger partial charge in [-0.3, -0.25) is 14.8 Å². The number of carbonyl (C=O) groups is 2. The normalized spacial score (nSPS) is 10.8. The Kier molecular flexibility index (Phi) is 5.50. The lowest BCUT2D eigenvalue weighted by molar-refractivity contribution is 0.0705. The number of hydrazone groups is 1. The second-order valence-electron chi connectivity index (χ2n) is 4.87. The number of hydrogen-bond acceptors (Lipinski definition) is 4. The SMILES string of the molecule is CN(/N=C/c1ccc(C(=O)NO)cc1F)C(=O)c1ccc(F)cc1F. The number of halogens is 3. The Morgan fingerprint density at radius 2 is 1.84 bits per heavy atom. The predicted molar refractivity (Wildman–Crippen MR) is 81.7 cm³/mol. The van der Waals surface area contributed by atoms with Crippen molar-refractivity contribution in [2.24, 2.45) is 5.10 Å². The Labute approximate surface area is 140 Å². The van der Waals surface area contributed by atoms with Crippen molar-refractivity contribution >= 4 is 18.0 Å². The van der Waals surface area contributed by atoms with Crippen LogP contribution in [0.25, 0.3) is 0 Å². The van der Waals surface area contributed by atoms with Gasteiger partial charge < -0.3 is 0 Å². The molecule has 9 heteroatoms. The number of nitrogens with one attached hydrogen (secondary N) is 1. The van der Waals surface area contributed by atoms with Crippen LogP contribution in [0.3, 0.4) is 0 Å². The number of amides is 2. The fourth-order valence-corrected chi connectivity index (χ4v) is 1.88. The second-order valence-corrected chi connectivity index (χ2v) is 4.87. The van der Waals surface area contributed by atoms with Gasteiger partial charge in [0.2, 0.25) is 0 Å². The zero-order valence-electron chi connectivity index (χ0n) is 12.8. The average molecular weight is 351 g/mol. The van der Waals surface area contributed by atoms with Crippen molar-refractivity contribution in [2.75, 3.05) is 7.05 Å². The van der Waals surface area contributed by atoms with E-state index in [0.29, 0.717) is 6.07 Å². The maximum absolute atomic E-state index is 13.9. The summed E-state index contributed by atoms with van der Waals surface area (Å²) in [6.07, 6.45) is 0.995. The van der Waals surface area contributed by atoms with Crippen LogP contribution >= 0.6 is 0 Å². The van der Waals surface area contributed by atoms with Crippen molar-refractivity contribution in [3.8, 4) is 0 Å². The minimum Gasteiger partial charge on any atom is -0.288 e. The molecule has 2 aromatic carbocycles. The first-order chi connectivity index (χ1) is 11.8. The zero-order valence-corrected chi connectivity index (χ0v) is 12.8. The molecule has 2 aromatic rings. The minimum atomic E-state index is -1.04. The van der Waals surface area contributed by atoms with Crippen molar-refractivity contribution in [1.29, 1.82) is 0 Å². The van der Waals surface area contributed by atoms with Crippen molar-refractivity contribution < 1.29 is 28.0 Å². The summed E-state index contributed by atoms with van der Waals surface area (Å²) in [5, 5.41) is 12.9. The van der Waals surface area contributed by atoms with Crippen LogP contribution in [0.15, 0.2) is 41.5 Å². The van der Waals surface area contributed by atoms with Crippen LogP contribution in [-0.2, 0) is 0 Å². The van der Waals surface area contributed by atoms with Crippen molar-refractivity contribution in [2.45, 2.75) is 0 Å². The summed E-state index contributed by atoms with van der Waals surface area (Å²) in [7, 11) is 1.22. The van der Waals surface area contributed by atoms with Crippen molar-refractivity contribution in [1.82, 2.24) is 10.5 Å². The molecule has 130 valence electrons. The Bertz CT molecular complexity index is 856. The fourth-order valence-electron chi connectivity index (χ4n) is 1.88. The Balaban J connectivity index is 2.18. The van der Waals surface area contributed by atoms with E-state index in [-0.39, 0.29) is 11.1 Å². The Morgan fingerprint density at radius 1 is 1.12 bits per heavy atom. The van der Waals surface area contributed by atoms with Crippen molar-refractivity contribution in [3.05, 3.63) is 70.5 Å². The summed E-state index contributed by atoms with van der Waals surface area (Å²) < 4.78 is 40.3. The van der Waals surface area contributed by atoms with Crippen LogP contribution in [-0.4, -0.2) is 35.3 Å². The number of rotatable bonds is 4. The minimum absolute atomic E-state index is 0.0475. The van der Waals surface area contributed by atoms with Gasteiger partial charge in [-0.1, -0.05) is 0 Å². The molecule has 2 amide bonds. The monoisotopic (exact) mass is 351 g/mol. The van der Waals surface area contributed by atoms with Gasteiger partial charge in [-0.25, -0.2) is 23.7 Å². The maximum atomic E-state index is 13.9. The number of nitrogens with zero attached hydrogens (tertiary/aromatic N) is 2. The third-order valence-corrected chi connectivity index (χ3v) is 3.19. The number of hydroxylamine groups is 1. The highest BCUT2D eigenvalue weighted by Gasteiger charge is 2.16. The number of carbonyl (C=O) groups excluding carboxylic acids is 2. The first-order valence-electron chi connectivity index (χ1n) is 6.84. The summed E-state index contributed by atoms with van der Waals surface area (Å²) in [5.74, 6) is -4.43. The van der Waals surface area contributed by atoms with E-state index in [1.54, 1.807) is 0 Å². The van der Waals surface area contributed by atoms with E-state index >= 15 is 0 Å². The molecule has 0 bridgehead atoms. The molecule has 0 aromatic heterocycles. The lowest BCUT2D eigenvalue weighted by Crippen LogP contribution is -2.22. The van der Waals surface area contributed by atoms with E-state index in [1.807, 2.05) is 0 Å². The van der Waals surface area contributed by atoms with Crippen LogP contribution in [0, 0.1) is 17.5 Å². The topological polar surface area (TPSA) is 82.0 Å². The quantitative estimate of drug-likeness (QED) is 0.504. The standard InChI is InChI=1S/C16H12F3N3O3/c1-22(16(24)12-5-4-11(17)7-14(12)19)20-8-10-3-2-9(6-13(10)18)15(23)21-25/h2-8,25H,1H3,(H,21,23)/b20-8+. The van der Waals surface area contributed by atoms with E-state index in [0.717, 1.165) is 29.4 Å². The molecule has 0 aliphatic carbocycles. The van der Waals surface area contributed by atoms with Crippen LogP contribution in [0.1, 0.15) is 26.3 Å². The maximum Gasteiger partial charge on any atom is 0.276 e. The van der Waals surface area contributed by atoms with Gasteiger partial charge in [0.15, 0.2) is 0 Å². The van der Waals surface area contributed by atoms with Gasteiger partial charge in [0.05, 0.1) is 11.8 Å². The van der Waals surface area contributed by atoms with Gasteiger partial charge in [0, 0.05) is 24.2 Å². The highest BCUT2D eigenvalue weighted by molar-refractivity contribution is 5.96. The molecule has 0 spiro atoms. The number of benzene rings is 2. The van der Waals surface area contributed by atoms with Crippen LogP contribution < -0.4 is 5.48 Å². The molecule has 0 aliphatic rings. The highest BCUT2D eigenvalue weighted by Crippen LogP contribution is 2.13. The third-order valence-electron chi connectivity index (χ3n) is 3.19. The van der Waals surface area contributed by atoms with E-state index in [1.165, 1.54) is 24.7 Å². The molecule has 0 aliphatic heterocycles. The van der Waals surface area contributed by atoms with Gasteiger partial charge in [-0.2, -0.15) is 5.10 Å². The average Bonchev–Trinajstić information content (AvgIpc) is 2.59. The highest BCUT2D eigenvalue weighted by atomic mass is 19.1. The van der Waals surface area contributed by atoms with E-state index in [9.17, 15) is 22.8 Å². The summed E-state index contributed by atoms with van der Waals surface area (Å²) in [4.78, 5) is 23.2. The molecule has 0 saturated heterocycles. The third kappa shape index (κ3) is 4.21. The molecular formula is C16H12F3N3O3. The van der Waals surface area contributed by atoms with Gasteiger partial charge in [0.1, 0.15) is 17.5 Å². The molecule has 2 rings (SSSR count). The molecule has 25 heavy (non-hydrogen) atoms. The summed E-state index contributed by atoms with van der Waals surface area (Å²) >= 11 is 0. The van der Waals surface area contributed by atoms with E-state index < -0.39 is 34.8 Å². The summed E-state index contributed by atoms with van der Waals surface area (Å²) in [5.41, 5.74) is 0.811. The molecule has 0 fully saturated rings. The van der Waals surface area contributed by atoms with Gasteiger partial charge in [-0.05, 0) is 30.3 Å². The van der Waals surface area contributed by atoms with Gasteiger partial charge >= 0.3 is 0 Å².